The molecule has 2 aromatic rings. The summed E-state index contributed by atoms with van der Waals surface area (Å²) in [4.78, 5) is 34.9. The molecule has 134 valence electrons. The van der Waals surface area contributed by atoms with Gasteiger partial charge in [0.2, 0.25) is 0 Å². The smallest absolute Gasteiger partial charge is 0.354 e. The molecule has 4 rings (SSSR count). The lowest BCUT2D eigenvalue weighted by atomic mass is 10.2. The van der Waals surface area contributed by atoms with Gasteiger partial charge in [0.25, 0.3) is 0 Å². The van der Waals surface area contributed by atoms with Gasteiger partial charge in [0.1, 0.15) is 5.82 Å². The van der Waals surface area contributed by atoms with Crippen LogP contribution in [-0.2, 0) is 0 Å². The highest BCUT2D eigenvalue weighted by molar-refractivity contribution is 6.04. The lowest BCUT2D eigenvalue weighted by molar-refractivity contribution is 0.0690. The van der Waals surface area contributed by atoms with Gasteiger partial charge in [-0.3, -0.25) is 10.2 Å². The monoisotopic (exact) mass is 361 g/mol. The van der Waals surface area contributed by atoms with E-state index in [9.17, 15) is 18.4 Å². The number of nitrogens with zero attached hydrogens (tertiary/aromatic N) is 4. The maximum Gasteiger partial charge on any atom is 0.354 e. The molecule has 2 amide bonds. The SMILES string of the molecule is O=C(O)c1ccc2c(n1)N(C(=O)Nc1ncc(F)cc1F)C1CCN2C1. The highest BCUT2D eigenvalue weighted by atomic mass is 19.1. The Morgan fingerprint density at radius 3 is 2.85 bits per heavy atom. The molecular weight excluding hydrogens is 348 g/mol. The van der Waals surface area contributed by atoms with Gasteiger partial charge in [0.15, 0.2) is 23.1 Å². The summed E-state index contributed by atoms with van der Waals surface area (Å²) in [5.74, 6) is -3.29. The number of carboxylic acids is 1. The van der Waals surface area contributed by atoms with Gasteiger partial charge in [-0.2, -0.15) is 0 Å². The summed E-state index contributed by atoms with van der Waals surface area (Å²) in [6.07, 6.45) is 1.45. The zero-order chi connectivity index (χ0) is 18.4. The van der Waals surface area contributed by atoms with Gasteiger partial charge in [0, 0.05) is 19.2 Å². The Labute approximate surface area is 146 Å². The summed E-state index contributed by atoms with van der Waals surface area (Å²) in [6.45, 7) is 1.26. The molecule has 10 heteroatoms. The maximum atomic E-state index is 13.8. The van der Waals surface area contributed by atoms with Crippen molar-refractivity contribution >= 4 is 29.3 Å². The largest absolute Gasteiger partial charge is 0.477 e. The van der Waals surface area contributed by atoms with Crippen LogP contribution in [0.25, 0.3) is 0 Å². The molecular formula is C16H13F2N5O3. The van der Waals surface area contributed by atoms with Crippen molar-refractivity contribution in [1.29, 1.82) is 0 Å². The van der Waals surface area contributed by atoms with Crippen LogP contribution >= 0.6 is 0 Å². The molecule has 1 atom stereocenters. The summed E-state index contributed by atoms with van der Waals surface area (Å²) in [5, 5.41) is 11.5. The van der Waals surface area contributed by atoms with Crippen molar-refractivity contribution in [3.05, 3.63) is 41.7 Å². The quantitative estimate of drug-likeness (QED) is 0.850. The molecule has 1 unspecified atom stereocenters. The second kappa shape index (κ2) is 5.90. The zero-order valence-corrected chi connectivity index (χ0v) is 13.3. The summed E-state index contributed by atoms with van der Waals surface area (Å²) < 4.78 is 26.8. The van der Waals surface area contributed by atoms with E-state index in [1.54, 1.807) is 6.07 Å². The molecule has 2 aromatic heterocycles. The third-order valence-corrected chi connectivity index (χ3v) is 4.42. The summed E-state index contributed by atoms with van der Waals surface area (Å²) in [6, 6.07) is 2.65. The Morgan fingerprint density at radius 1 is 1.31 bits per heavy atom. The molecule has 2 aliphatic rings. The Bertz CT molecular complexity index is 923. The van der Waals surface area contributed by atoms with Crippen molar-refractivity contribution in [2.24, 2.45) is 0 Å². The predicted molar refractivity (Wildman–Crippen MR) is 87.5 cm³/mol. The number of pyridine rings is 2. The van der Waals surface area contributed by atoms with E-state index in [4.69, 9.17) is 5.11 Å². The standard InChI is InChI=1S/C16H13F2N5O3/c17-8-5-10(18)13(19-6-8)21-16(26)23-9-3-4-22(7-9)12-2-1-11(15(24)25)20-14(12)23/h1-2,5-6,9H,3-4,7H2,(H,24,25)(H,19,21,26). The zero-order valence-electron chi connectivity index (χ0n) is 13.3. The second-order valence-electron chi connectivity index (χ2n) is 6.02. The van der Waals surface area contributed by atoms with Crippen LogP contribution in [-0.4, -0.2) is 46.2 Å². The van der Waals surface area contributed by atoms with Crippen LogP contribution in [0.4, 0.5) is 30.9 Å². The number of aromatic nitrogens is 2. The summed E-state index contributed by atoms with van der Waals surface area (Å²) in [7, 11) is 0. The van der Waals surface area contributed by atoms with Gasteiger partial charge in [-0.05, 0) is 18.6 Å². The Balaban J connectivity index is 1.71. The highest BCUT2D eigenvalue weighted by Gasteiger charge is 2.40. The number of amides is 2. The van der Waals surface area contributed by atoms with E-state index >= 15 is 0 Å². The number of fused-ring (bicyclic) bond motifs is 4. The first-order valence-electron chi connectivity index (χ1n) is 7.84. The van der Waals surface area contributed by atoms with E-state index in [0.29, 0.717) is 31.3 Å². The first kappa shape index (κ1) is 16.2. The number of carboxylic acid groups (broad SMARTS) is 1. The lowest BCUT2D eigenvalue weighted by Crippen LogP contribution is -2.48. The normalized spacial score (nSPS) is 17.8. The van der Waals surface area contributed by atoms with E-state index < -0.39 is 29.5 Å². The molecule has 0 radical (unpaired) electrons. The molecule has 0 spiro atoms. The number of urea groups is 1. The molecule has 2 N–H and O–H groups in total. The average Bonchev–Trinajstić information content (AvgIpc) is 3.01. The van der Waals surface area contributed by atoms with Crippen LogP contribution in [0.15, 0.2) is 24.4 Å². The molecule has 0 aliphatic carbocycles. The number of hydrogen-bond donors (Lipinski definition) is 2. The molecule has 8 nitrogen and oxygen atoms in total. The van der Waals surface area contributed by atoms with Crippen LogP contribution in [0.2, 0.25) is 0 Å². The second-order valence-corrected chi connectivity index (χ2v) is 6.02. The third kappa shape index (κ3) is 2.59. The van der Waals surface area contributed by atoms with Crippen molar-refractivity contribution < 1.29 is 23.5 Å². The maximum absolute atomic E-state index is 13.8. The Kier molecular flexibility index (Phi) is 3.67. The van der Waals surface area contributed by atoms with E-state index in [1.807, 2.05) is 4.90 Å². The number of hydrogen-bond acceptors (Lipinski definition) is 5. The number of anilines is 3. The van der Waals surface area contributed by atoms with Crippen molar-refractivity contribution in [1.82, 2.24) is 9.97 Å². The van der Waals surface area contributed by atoms with Gasteiger partial charge in [-0.25, -0.2) is 28.3 Å². The first-order valence-corrected chi connectivity index (χ1v) is 7.84. The minimum atomic E-state index is -1.22. The average molecular weight is 361 g/mol. The minimum absolute atomic E-state index is 0.193. The minimum Gasteiger partial charge on any atom is -0.477 e. The van der Waals surface area contributed by atoms with E-state index in [2.05, 4.69) is 15.3 Å². The van der Waals surface area contributed by atoms with Crippen LogP contribution in [0.1, 0.15) is 16.9 Å². The number of carbonyl (C=O) groups is 2. The molecule has 2 aliphatic heterocycles. The lowest BCUT2D eigenvalue weighted by Gasteiger charge is -2.35. The van der Waals surface area contributed by atoms with Crippen LogP contribution < -0.4 is 15.1 Å². The molecule has 1 fully saturated rings. The van der Waals surface area contributed by atoms with Gasteiger partial charge >= 0.3 is 12.0 Å². The van der Waals surface area contributed by atoms with E-state index in [-0.39, 0.29) is 17.6 Å². The number of nitrogens with one attached hydrogen (secondary N) is 1. The molecule has 26 heavy (non-hydrogen) atoms. The van der Waals surface area contributed by atoms with Crippen LogP contribution in [0, 0.1) is 11.6 Å². The third-order valence-electron chi connectivity index (χ3n) is 4.42. The van der Waals surface area contributed by atoms with Crippen molar-refractivity contribution in [2.45, 2.75) is 12.5 Å². The van der Waals surface area contributed by atoms with Gasteiger partial charge in [-0.15, -0.1) is 0 Å². The fourth-order valence-electron chi connectivity index (χ4n) is 3.26. The molecule has 2 bridgehead atoms. The first-order chi connectivity index (χ1) is 12.4. The van der Waals surface area contributed by atoms with Gasteiger partial charge in [-0.1, -0.05) is 0 Å². The highest BCUT2D eigenvalue weighted by Crippen LogP contribution is 2.39. The van der Waals surface area contributed by atoms with E-state index in [1.165, 1.54) is 11.0 Å². The number of aromatic carboxylic acids is 1. The van der Waals surface area contributed by atoms with Gasteiger partial charge < -0.3 is 10.0 Å². The molecule has 4 heterocycles. The van der Waals surface area contributed by atoms with E-state index in [0.717, 1.165) is 6.20 Å². The Morgan fingerprint density at radius 2 is 2.12 bits per heavy atom. The van der Waals surface area contributed by atoms with Gasteiger partial charge in [0.05, 0.1) is 17.9 Å². The number of halogens is 2. The van der Waals surface area contributed by atoms with Crippen LogP contribution in [0.3, 0.4) is 0 Å². The summed E-state index contributed by atoms with van der Waals surface area (Å²) >= 11 is 0. The molecule has 0 saturated carbocycles. The fraction of sp³-hybridized carbons (Fsp3) is 0.250. The fourth-order valence-corrected chi connectivity index (χ4v) is 3.26. The molecule has 1 saturated heterocycles. The predicted octanol–water partition coefficient (Wildman–Crippen LogP) is 2.08. The summed E-state index contributed by atoms with van der Waals surface area (Å²) in [5.41, 5.74) is 0.432. The van der Waals surface area contributed by atoms with Crippen molar-refractivity contribution in [2.75, 3.05) is 28.2 Å². The topological polar surface area (TPSA) is 98.7 Å². The number of rotatable bonds is 2. The number of carbonyl (C=O) groups excluding carboxylic acids is 1. The molecule has 0 aromatic carbocycles. The Hall–Kier alpha value is -3.30. The van der Waals surface area contributed by atoms with Crippen molar-refractivity contribution in [3.63, 3.8) is 0 Å². The van der Waals surface area contributed by atoms with Crippen LogP contribution in [0.5, 0.6) is 0 Å². The van der Waals surface area contributed by atoms with Crippen molar-refractivity contribution in [3.8, 4) is 0 Å².